The lowest BCUT2D eigenvalue weighted by molar-refractivity contribution is -0.138. The number of carbonyl (C=O) groups is 1. The van der Waals surface area contributed by atoms with E-state index in [1.165, 1.54) is 44.9 Å². The van der Waals surface area contributed by atoms with Gasteiger partial charge in [-0.3, -0.25) is 9.78 Å². The van der Waals surface area contributed by atoms with Crippen molar-refractivity contribution in [3.8, 4) is 33.9 Å². The predicted molar refractivity (Wildman–Crippen MR) is 167 cm³/mol. The Labute approximate surface area is 242 Å². The number of hydrogen-bond donors (Lipinski definition) is 0. The van der Waals surface area contributed by atoms with Gasteiger partial charge in [-0.25, -0.2) is 0 Å². The summed E-state index contributed by atoms with van der Waals surface area (Å²) >= 11 is 0. The lowest BCUT2D eigenvalue weighted by Crippen LogP contribution is -2.17. The van der Waals surface area contributed by atoms with Crippen molar-refractivity contribution < 1.29 is 14.3 Å². The molecule has 0 spiro atoms. The van der Waals surface area contributed by atoms with Crippen molar-refractivity contribution in [2.45, 2.75) is 98.3 Å². The largest absolute Gasteiger partial charge is 0.494 e. The number of rotatable bonds is 18. The van der Waals surface area contributed by atoms with E-state index in [0.29, 0.717) is 11.7 Å². The van der Waals surface area contributed by atoms with Gasteiger partial charge >= 0.3 is 5.97 Å². The van der Waals surface area contributed by atoms with Crippen molar-refractivity contribution in [3.63, 3.8) is 0 Å². The van der Waals surface area contributed by atoms with Crippen LogP contribution in [-0.4, -0.2) is 17.6 Å². The van der Waals surface area contributed by atoms with Crippen LogP contribution < -0.4 is 9.47 Å². The summed E-state index contributed by atoms with van der Waals surface area (Å²) in [6.45, 7) is 9.40. The molecule has 0 fully saturated rings. The molecule has 0 amide bonds. The van der Waals surface area contributed by atoms with Crippen LogP contribution in [0.5, 0.6) is 11.5 Å². The molecule has 3 aromatic rings. The molecule has 1 unspecified atom stereocenters. The number of pyridine rings is 1. The molecule has 1 aromatic heterocycles. The fourth-order valence-corrected chi connectivity index (χ4v) is 4.77. The molecular weight excluding hydrogens is 494 g/mol. The van der Waals surface area contributed by atoms with E-state index < -0.39 is 0 Å². The number of aromatic nitrogens is 1. The van der Waals surface area contributed by atoms with E-state index in [0.717, 1.165) is 60.4 Å². The first-order valence-corrected chi connectivity index (χ1v) is 15.5. The summed E-state index contributed by atoms with van der Waals surface area (Å²) in [4.78, 5) is 17.1. The standard InChI is InChI=1S/C36H49NO3/c1-5-6-7-8-9-10-11-12-26-39-33-21-16-30(17-22-33)32-20-25-35(37-27-32)31-18-23-34(24-19-31)40-36(38)29(4)15-13-14-28(2)3/h16-25,27-29H,5-15,26H2,1-4H3. The summed E-state index contributed by atoms with van der Waals surface area (Å²) in [5.41, 5.74) is 4.05. The molecule has 3 rings (SSSR count). The Morgan fingerprint density at radius 3 is 1.90 bits per heavy atom. The Kier molecular flexibility index (Phi) is 13.8. The minimum Gasteiger partial charge on any atom is -0.494 e. The molecule has 0 radical (unpaired) electrons. The van der Waals surface area contributed by atoms with Crippen LogP contribution >= 0.6 is 0 Å². The monoisotopic (exact) mass is 543 g/mol. The molecule has 0 aliphatic heterocycles. The Morgan fingerprint density at radius 1 is 0.675 bits per heavy atom. The van der Waals surface area contributed by atoms with Crippen LogP contribution in [0.25, 0.3) is 22.4 Å². The molecule has 2 aromatic carbocycles. The van der Waals surface area contributed by atoms with Gasteiger partial charge in [0.1, 0.15) is 11.5 Å². The molecule has 216 valence electrons. The topological polar surface area (TPSA) is 48.4 Å². The Bertz CT molecular complexity index is 1100. The minimum absolute atomic E-state index is 0.0943. The zero-order valence-electron chi connectivity index (χ0n) is 25.2. The lowest BCUT2D eigenvalue weighted by Gasteiger charge is -2.12. The summed E-state index contributed by atoms with van der Waals surface area (Å²) in [5, 5.41) is 0. The molecule has 0 N–H and O–H groups in total. The average Bonchev–Trinajstić information content (AvgIpc) is 2.97. The molecule has 1 heterocycles. The third-order valence-electron chi connectivity index (χ3n) is 7.41. The molecular formula is C36H49NO3. The maximum atomic E-state index is 12.4. The fourth-order valence-electron chi connectivity index (χ4n) is 4.77. The van der Waals surface area contributed by atoms with E-state index in [2.05, 4.69) is 44.0 Å². The molecule has 0 saturated carbocycles. The molecule has 0 aliphatic rings. The number of unbranched alkanes of at least 4 members (excludes halogenated alkanes) is 7. The Balaban J connectivity index is 1.43. The number of esters is 1. The molecule has 40 heavy (non-hydrogen) atoms. The summed E-state index contributed by atoms with van der Waals surface area (Å²) in [6.07, 6.45) is 15.4. The summed E-state index contributed by atoms with van der Waals surface area (Å²) in [7, 11) is 0. The second-order valence-corrected chi connectivity index (χ2v) is 11.5. The highest BCUT2D eigenvalue weighted by Gasteiger charge is 2.15. The highest BCUT2D eigenvalue weighted by atomic mass is 16.5. The van der Waals surface area contributed by atoms with E-state index in [1.54, 1.807) is 0 Å². The highest BCUT2D eigenvalue weighted by Crippen LogP contribution is 2.26. The van der Waals surface area contributed by atoms with Crippen LogP contribution in [0.15, 0.2) is 66.9 Å². The third-order valence-corrected chi connectivity index (χ3v) is 7.41. The van der Waals surface area contributed by atoms with E-state index in [4.69, 9.17) is 9.47 Å². The maximum Gasteiger partial charge on any atom is 0.314 e. The average molecular weight is 544 g/mol. The molecule has 0 bridgehead atoms. The van der Waals surface area contributed by atoms with Gasteiger partial charge in [0.15, 0.2) is 0 Å². The number of hydrogen-bond acceptors (Lipinski definition) is 4. The van der Waals surface area contributed by atoms with Gasteiger partial charge in [0.05, 0.1) is 18.2 Å². The van der Waals surface area contributed by atoms with Crippen LogP contribution in [0.1, 0.15) is 98.3 Å². The van der Waals surface area contributed by atoms with Gasteiger partial charge in [-0.15, -0.1) is 0 Å². The summed E-state index contributed by atoms with van der Waals surface area (Å²) in [6, 6.07) is 20.0. The second-order valence-electron chi connectivity index (χ2n) is 11.5. The predicted octanol–water partition coefficient (Wildman–Crippen LogP) is 10.3. The van der Waals surface area contributed by atoms with Crippen molar-refractivity contribution in [2.75, 3.05) is 6.61 Å². The first-order chi connectivity index (χ1) is 19.5. The van der Waals surface area contributed by atoms with Crippen molar-refractivity contribution in [1.82, 2.24) is 4.98 Å². The van der Waals surface area contributed by atoms with Gasteiger partial charge in [-0.1, -0.05) is 104 Å². The molecule has 4 nitrogen and oxygen atoms in total. The van der Waals surface area contributed by atoms with Crippen LogP contribution in [0.3, 0.4) is 0 Å². The van der Waals surface area contributed by atoms with Gasteiger partial charge in [0.2, 0.25) is 0 Å². The SMILES string of the molecule is CCCCCCCCCCOc1ccc(-c2ccc(-c3ccc(OC(=O)C(C)CCCC(C)C)cc3)nc2)cc1. The fraction of sp³-hybridized carbons (Fsp3) is 0.500. The zero-order chi connectivity index (χ0) is 28.6. The van der Waals surface area contributed by atoms with Crippen LogP contribution in [0.2, 0.25) is 0 Å². The van der Waals surface area contributed by atoms with Gasteiger partial charge in [0, 0.05) is 17.3 Å². The zero-order valence-corrected chi connectivity index (χ0v) is 25.2. The van der Waals surface area contributed by atoms with E-state index in [-0.39, 0.29) is 11.9 Å². The minimum atomic E-state index is -0.163. The Hall–Kier alpha value is -3.14. The van der Waals surface area contributed by atoms with Gasteiger partial charge in [0.25, 0.3) is 0 Å². The van der Waals surface area contributed by atoms with Crippen LogP contribution in [0.4, 0.5) is 0 Å². The third kappa shape index (κ3) is 11.2. The van der Waals surface area contributed by atoms with Crippen LogP contribution in [-0.2, 0) is 4.79 Å². The quantitative estimate of drug-likeness (QED) is 0.0909. The number of carbonyl (C=O) groups excluding carboxylic acids is 1. The van der Waals surface area contributed by atoms with Crippen molar-refractivity contribution in [1.29, 1.82) is 0 Å². The van der Waals surface area contributed by atoms with Gasteiger partial charge in [-0.2, -0.15) is 0 Å². The normalized spacial score (nSPS) is 11.9. The molecule has 1 atom stereocenters. The maximum absolute atomic E-state index is 12.4. The number of nitrogens with zero attached hydrogens (tertiary/aromatic N) is 1. The van der Waals surface area contributed by atoms with Crippen molar-refractivity contribution >= 4 is 5.97 Å². The van der Waals surface area contributed by atoms with Crippen molar-refractivity contribution in [2.24, 2.45) is 11.8 Å². The smallest absolute Gasteiger partial charge is 0.314 e. The highest BCUT2D eigenvalue weighted by molar-refractivity contribution is 5.75. The van der Waals surface area contributed by atoms with Gasteiger partial charge < -0.3 is 9.47 Å². The number of benzene rings is 2. The van der Waals surface area contributed by atoms with Crippen molar-refractivity contribution in [3.05, 3.63) is 66.9 Å². The van der Waals surface area contributed by atoms with Crippen LogP contribution in [0, 0.1) is 11.8 Å². The molecule has 0 saturated heterocycles. The second kappa shape index (κ2) is 17.5. The first kappa shape index (κ1) is 31.4. The lowest BCUT2D eigenvalue weighted by atomic mass is 10.00. The van der Waals surface area contributed by atoms with E-state index >= 15 is 0 Å². The summed E-state index contributed by atoms with van der Waals surface area (Å²) < 4.78 is 11.5. The Morgan fingerprint density at radius 2 is 1.27 bits per heavy atom. The van der Waals surface area contributed by atoms with E-state index in [1.807, 2.05) is 55.6 Å². The van der Waals surface area contributed by atoms with Gasteiger partial charge in [-0.05, 0) is 66.8 Å². The number of ether oxygens (including phenoxy) is 2. The molecule has 0 aliphatic carbocycles. The van der Waals surface area contributed by atoms with E-state index in [9.17, 15) is 4.79 Å². The first-order valence-electron chi connectivity index (χ1n) is 15.5. The molecule has 4 heteroatoms. The summed E-state index contributed by atoms with van der Waals surface area (Å²) in [5.74, 6) is 1.90.